The minimum atomic E-state index is -4.68. The summed E-state index contributed by atoms with van der Waals surface area (Å²) in [6, 6.07) is 2.28. The molecule has 0 atom stereocenters. The van der Waals surface area contributed by atoms with Gasteiger partial charge in [-0.2, -0.15) is 13.2 Å². The number of nitrogens with one attached hydrogen (secondary N) is 2. The molecule has 9 nitrogen and oxygen atoms in total. The van der Waals surface area contributed by atoms with Gasteiger partial charge in [-0.3, -0.25) is 24.6 Å². The van der Waals surface area contributed by atoms with Crippen LogP contribution in [0.25, 0.3) is 0 Å². The molecule has 1 saturated heterocycles. The fourth-order valence-electron chi connectivity index (χ4n) is 3.20. The van der Waals surface area contributed by atoms with Crippen LogP contribution in [0.2, 0.25) is 0 Å². The average Bonchev–Trinajstić information content (AvgIpc) is 2.67. The number of rotatable bonds is 8. The van der Waals surface area contributed by atoms with Gasteiger partial charge in [0, 0.05) is 51.3 Å². The maximum Gasteiger partial charge on any atom is 0.416 e. The quantitative estimate of drug-likeness (QED) is 0.469. The number of alkyl halides is 3. The average molecular weight is 445 g/mol. The summed E-state index contributed by atoms with van der Waals surface area (Å²) in [6.45, 7) is 6.07. The van der Waals surface area contributed by atoms with E-state index in [4.69, 9.17) is 0 Å². The lowest BCUT2D eigenvalue weighted by atomic mass is 10.1. The molecule has 1 aromatic carbocycles. The van der Waals surface area contributed by atoms with Gasteiger partial charge in [-0.15, -0.1) is 0 Å². The highest BCUT2D eigenvalue weighted by molar-refractivity contribution is 5.79. The third-order valence-corrected chi connectivity index (χ3v) is 4.72. The SMILES string of the molecule is CC(C)NC(=O)CN1CCN(C(=O)CCNc2ccc(C(F)(F)F)cc2[N+](=O)[O-])CC1. The van der Waals surface area contributed by atoms with Crippen molar-refractivity contribution in [3.63, 3.8) is 0 Å². The minimum absolute atomic E-state index is 0.0337. The molecule has 0 saturated carbocycles. The normalized spacial score (nSPS) is 15.1. The Morgan fingerprint density at radius 3 is 2.39 bits per heavy atom. The number of hydrogen-bond donors (Lipinski definition) is 2. The number of benzene rings is 1. The fourth-order valence-corrected chi connectivity index (χ4v) is 3.20. The van der Waals surface area contributed by atoms with Gasteiger partial charge in [-0.25, -0.2) is 0 Å². The molecule has 0 unspecified atom stereocenters. The largest absolute Gasteiger partial charge is 0.416 e. The van der Waals surface area contributed by atoms with E-state index in [2.05, 4.69) is 10.6 Å². The van der Waals surface area contributed by atoms with Gasteiger partial charge in [-0.1, -0.05) is 0 Å². The van der Waals surface area contributed by atoms with Gasteiger partial charge in [-0.05, 0) is 26.0 Å². The molecular formula is C19H26F3N5O4. The standard InChI is InChI=1S/C19H26F3N5O4/c1-13(2)24-17(28)12-25-7-9-26(10-8-25)18(29)5-6-23-15-4-3-14(19(20,21)22)11-16(15)27(30)31/h3-4,11,13,23H,5-10,12H2,1-2H3,(H,24,28). The van der Waals surface area contributed by atoms with Crippen LogP contribution in [0.4, 0.5) is 24.5 Å². The molecule has 0 radical (unpaired) electrons. The fraction of sp³-hybridized carbons (Fsp3) is 0.579. The summed E-state index contributed by atoms with van der Waals surface area (Å²) < 4.78 is 38.3. The van der Waals surface area contributed by atoms with Crippen LogP contribution in [0.3, 0.4) is 0 Å². The van der Waals surface area contributed by atoms with Crippen molar-refractivity contribution in [1.29, 1.82) is 0 Å². The third kappa shape index (κ3) is 7.39. The Labute approximate surface area is 177 Å². The summed E-state index contributed by atoms with van der Waals surface area (Å²) in [5.74, 6) is -0.245. The Morgan fingerprint density at radius 2 is 1.84 bits per heavy atom. The van der Waals surface area contributed by atoms with E-state index in [1.807, 2.05) is 18.7 Å². The van der Waals surface area contributed by atoms with E-state index >= 15 is 0 Å². The number of nitrogens with zero attached hydrogens (tertiary/aromatic N) is 3. The van der Waals surface area contributed by atoms with Crippen molar-refractivity contribution < 1.29 is 27.7 Å². The topological polar surface area (TPSA) is 108 Å². The lowest BCUT2D eigenvalue weighted by Gasteiger charge is -2.34. The molecule has 12 heteroatoms. The van der Waals surface area contributed by atoms with Crippen molar-refractivity contribution in [2.24, 2.45) is 0 Å². The van der Waals surface area contributed by atoms with Crippen molar-refractivity contribution in [2.45, 2.75) is 32.5 Å². The summed E-state index contributed by atoms with van der Waals surface area (Å²) in [4.78, 5) is 38.0. The molecule has 0 aliphatic carbocycles. The van der Waals surface area contributed by atoms with E-state index in [0.717, 1.165) is 12.1 Å². The highest BCUT2D eigenvalue weighted by atomic mass is 19.4. The first-order valence-corrected chi connectivity index (χ1v) is 9.86. The first-order chi connectivity index (χ1) is 14.5. The van der Waals surface area contributed by atoms with Crippen LogP contribution in [0.1, 0.15) is 25.8 Å². The van der Waals surface area contributed by atoms with Gasteiger partial charge in [0.1, 0.15) is 5.69 Å². The number of halogens is 3. The zero-order valence-corrected chi connectivity index (χ0v) is 17.4. The molecule has 1 fully saturated rings. The molecular weight excluding hydrogens is 419 g/mol. The van der Waals surface area contributed by atoms with Gasteiger partial charge in [0.15, 0.2) is 0 Å². The van der Waals surface area contributed by atoms with Gasteiger partial charge >= 0.3 is 6.18 Å². The van der Waals surface area contributed by atoms with Gasteiger partial charge in [0.2, 0.25) is 11.8 Å². The predicted molar refractivity (Wildman–Crippen MR) is 108 cm³/mol. The molecule has 2 rings (SSSR count). The molecule has 0 bridgehead atoms. The first-order valence-electron chi connectivity index (χ1n) is 9.86. The number of amides is 2. The van der Waals surface area contributed by atoms with Crippen LogP contribution in [0, 0.1) is 10.1 Å². The molecule has 172 valence electrons. The van der Waals surface area contributed by atoms with Gasteiger partial charge < -0.3 is 15.5 Å². The smallest absolute Gasteiger partial charge is 0.379 e. The van der Waals surface area contributed by atoms with Crippen LogP contribution >= 0.6 is 0 Å². The Hall–Kier alpha value is -2.89. The van der Waals surface area contributed by atoms with Crippen molar-refractivity contribution in [2.75, 3.05) is 44.6 Å². The van der Waals surface area contributed by atoms with E-state index in [9.17, 15) is 32.9 Å². The van der Waals surface area contributed by atoms with E-state index in [1.54, 1.807) is 4.90 Å². The lowest BCUT2D eigenvalue weighted by molar-refractivity contribution is -0.384. The molecule has 1 aliphatic heterocycles. The molecule has 31 heavy (non-hydrogen) atoms. The van der Waals surface area contributed by atoms with E-state index in [1.165, 1.54) is 0 Å². The van der Waals surface area contributed by atoms with Crippen molar-refractivity contribution >= 4 is 23.2 Å². The van der Waals surface area contributed by atoms with Crippen molar-refractivity contribution in [3.05, 3.63) is 33.9 Å². The number of piperazine rings is 1. The molecule has 1 heterocycles. The zero-order valence-electron chi connectivity index (χ0n) is 17.4. The third-order valence-electron chi connectivity index (χ3n) is 4.72. The summed E-state index contributed by atoms with van der Waals surface area (Å²) in [5, 5.41) is 16.6. The summed E-state index contributed by atoms with van der Waals surface area (Å²) >= 11 is 0. The number of anilines is 1. The summed E-state index contributed by atoms with van der Waals surface area (Å²) in [7, 11) is 0. The number of nitro benzene ring substituents is 1. The molecule has 0 aromatic heterocycles. The lowest BCUT2D eigenvalue weighted by Crippen LogP contribution is -2.51. The Bertz CT molecular complexity index is 808. The number of nitro groups is 1. The molecule has 2 amide bonds. The second kappa shape index (κ2) is 10.4. The second-order valence-electron chi connectivity index (χ2n) is 7.54. The molecule has 2 N–H and O–H groups in total. The van der Waals surface area contributed by atoms with E-state index < -0.39 is 22.4 Å². The number of hydrogen-bond acceptors (Lipinski definition) is 6. The molecule has 1 aliphatic rings. The maximum absolute atomic E-state index is 12.8. The first kappa shape index (κ1) is 24.4. The predicted octanol–water partition coefficient (Wildman–Crippen LogP) is 2.08. The van der Waals surface area contributed by atoms with Crippen LogP contribution in [-0.2, 0) is 15.8 Å². The molecule has 1 aromatic rings. The van der Waals surface area contributed by atoms with E-state index in [-0.39, 0.29) is 43.1 Å². The van der Waals surface area contributed by atoms with Gasteiger partial charge in [0.25, 0.3) is 5.69 Å². The number of carbonyl (C=O) groups is 2. The summed E-state index contributed by atoms with van der Waals surface area (Å²) in [5.41, 5.74) is -1.89. The minimum Gasteiger partial charge on any atom is -0.379 e. The second-order valence-corrected chi connectivity index (χ2v) is 7.54. The van der Waals surface area contributed by atoms with Crippen molar-refractivity contribution in [3.8, 4) is 0 Å². The monoisotopic (exact) mass is 445 g/mol. The Balaban J connectivity index is 1.82. The van der Waals surface area contributed by atoms with Crippen LogP contribution in [0.15, 0.2) is 18.2 Å². The maximum atomic E-state index is 12.8. The van der Waals surface area contributed by atoms with E-state index in [0.29, 0.717) is 32.2 Å². The van der Waals surface area contributed by atoms with Crippen LogP contribution < -0.4 is 10.6 Å². The molecule has 0 spiro atoms. The number of carbonyl (C=O) groups excluding carboxylic acids is 2. The zero-order chi connectivity index (χ0) is 23.2. The highest BCUT2D eigenvalue weighted by Crippen LogP contribution is 2.34. The Morgan fingerprint density at radius 1 is 1.19 bits per heavy atom. The van der Waals surface area contributed by atoms with Crippen molar-refractivity contribution in [1.82, 2.24) is 15.1 Å². The summed E-state index contributed by atoms with van der Waals surface area (Å²) in [6.07, 6.45) is -4.65. The Kier molecular flexibility index (Phi) is 8.20. The highest BCUT2D eigenvalue weighted by Gasteiger charge is 2.33. The van der Waals surface area contributed by atoms with Gasteiger partial charge in [0.05, 0.1) is 17.0 Å². The van der Waals surface area contributed by atoms with Crippen LogP contribution in [-0.4, -0.2) is 71.8 Å². The van der Waals surface area contributed by atoms with Crippen LogP contribution in [0.5, 0.6) is 0 Å².